The van der Waals surface area contributed by atoms with Crippen molar-refractivity contribution < 1.29 is 4.74 Å². The lowest BCUT2D eigenvalue weighted by atomic mass is 10.1. The van der Waals surface area contributed by atoms with Crippen LogP contribution in [-0.2, 0) is 19.9 Å². The molecule has 1 heterocycles. The molecule has 96 valence electrons. The van der Waals surface area contributed by atoms with E-state index in [0.717, 1.165) is 18.6 Å². The fourth-order valence-corrected chi connectivity index (χ4v) is 3.28. The molecule has 0 spiro atoms. The molecule has 1 N–H and O–H groups in total. The summed E-state index contributed by atoms with van der Waals surface area (Å²) < 4.78 is 7.76. The Labute approximate surface area is 108 Å². The predicted molar refractivity (Wildman–Crippen MR) is 74.5 cm³/mol. The fourth-order valence-electron chi connectivity index (χ4n) is 3.28. The van der Waals surface area contributed by atoms with Crippen LogP contribution in [0.3, 0.4) is 0 Å². The van der Waals surface area contributed by atoms with Gasteiger partial charge in [0.1, 0.15) is 5.75 Å². The molecule has 3 rings (SSSR count). The first-order valence-electron chi connectivity index (χ1n) is 6.47. The molecule has 0 radical (unpaired) electrons. The van der Waals surface area contributed by atoms with Crippen LogP contribution in [0, 0.1) is 6.92 Å². The lowest BCUT2D eigenvalue weighted by Gasteiger charge is -2.11. The second-order valence-corrected chi connectivity index (χ2v) is 5.22. The Hall–Kier alpha value is -1.48. The van der Waals surface area contributed by atoms with E-state index in [-0.39, 0.29) is 0 Å². The zero-order chi connectivity index (χ0) is 12.9. The van der Waals surface area contributed by atoms with Gasteiger partial charge in [-0.15, -0.1) is 0 Å². The minimum Gasteiger partial charge on any atom is -0.497 e. The number of nitrogens with one attached hydrogen (secondary N) is 1. The van der Waals surface area contributed by atoms with Gasteiger partial charge in [0.15, 0.2) is 0 Å². The van der Waals surface area contributed by atoms with Gasteiger partial charge in [0.25, 0.3) is 0 Å². The molecule has 0 amide bonds. The molecule has 18 heavy (non-hydrogen) atoms. The number of fused-ring (bicyclic) bond motifs is 3. The number of aryl methyl sites for hydroxylation is 2. The van der Waals surface area contributed by atoms with Gasteiger partial charge in [0.2, 0.25) is 0 Å². The van der Waals surface area contributed by atoms with Gasteiger partial charge in [-0.25, -0.2) is 0 Å². The van der Waals surface area contributed by atoms with E-state index in [2.05, 4.69) is 36.0 Å². The number of methoxy groups -OCH3 is 1. The van der Waals surface area contributed by atoms with Crippen LogP contribution < -0.4 is 10.1 Å². The first kappa shape index (κ1) is 11.6. The molecule has 1 unspecified atom stereocenters. The van der Waals surface area contributed by atoms with Crippen molar-refractivity contribution in [2.24, 2.45) is 7.05 Å². The van der Waals surface area contributed by atoms with Crippen molar-refractivity contribution in [3.8, 4) is 5.75 Å². The van der Waals surface area contributed by atoms with Crippen molar-refractivity contribution in [3.63, 3.8) is 0 Å². The Morgan fingerprint density at radius 1 is 1.33 bits per heavy atom. The molecule has 1 aromatic heterocycles. The Kier molecular flexibility index (Phi) is 2.59. The first-order valence-corrected chi connectivity index (χ1v) is 6.47. The highest BCUT2D eigenvalue weighted by Crippen LogP contribution is 2.36. The van der Waals surface area contributed by atoms with Crippen LogP contribution in [0.1, 0.15) is 16.8 Å². The highest BCUT2D eigenvalue weighted by atomic mass is 16.5. The molecular formula is C15H20N2O. The molecule has 1 aliphatic rings. The molecule has 0 saturated carbocycles. The molecule has 3 nitrogen and oxygen atoms in total. The van der Waals surface area contributed by atoms with Crippen molar-refractivity contribution in [2.75, 3.05) is 14.2 Å². The van der Waals surface area contributed by atoms with Crippen molar-refractivity contribution in [1.82, 2.24) is 9.88 Å². The maximum Gasteiger partial charge on any atom is 0.119 e. The highest BCUT2D eigenvalue weighted by molar-refractivity contribution is 5.90. The number of benzene rings is 1. The molecule has 1 atom stereocenters. The Morgan fingerprint density at radius 2 is 2.11 bits per heavy atom. The van der Waals surface area contributed by atoms with Crippen LogP contribution in [0.5, 0.6) is 5.75 Å². The van der Waals surface area contributed by atoms with E-state index < -0.39 is 0 Å². The maximum absolute atomic E-state index is 5.40. The van der Waals surface area contributed by atoms with E-state index >= 15 is 0 Å². The summed E-state index contributed by atoms with van der Waals surface area (Å²) in [5.41, 5.74) is 5.62. The van der Waals surface area contributed by atoms with Crippen molar-refractivity contribution in [2.45, 2.75) is 25.8 Å². The summed E-state index contributed by atoms with van der Waals surface area (Å²) in [6.45, 7) is 2.16. The maximum atomic E-state index is 5.40. The zero-order valence-electron chi connectivity index (χ0n) is 11.5. The number of ether oxygens (including phenoxy) is 1. The summed E-state index contributed by atoms with van der Waals surface area (Å²) in [7, 11) is 5.96. The van der Waals surface area contributed by atoms with E-state index in [1.54, 1.807) is 7.11 Å². The van der Waals surface area contributed by atoms with Gasteiger partial charge in [-0.3, -0.25) is 0 Å². The molecule has 0 bridgehead atoms. The lowest BCUT2D eigenvalue weighted by molar-refractivity contribution is 0.415. The number of likely N-dealkylation sites (N-methyl/N-ethyl adjacent to an activating group) is 1. The number of hydrogen-bond acceptors (Lipinski definition) is 2. The molecule has 1 aliphatic carbocycles. The van der Waals surface area contributed by atoms with Crippen LogP contribution >= 0.6 is 0 Å². The average Bonchev–Trinajstić information content (AvgIpc) is 2.89. The Morgan fingerprint density at radius 3 is 2.78 bits per heavy atom. The molecule has 0 fully saturated rings. The molecule has 0 aliphatic heterocycles. The van der Waals surface area contributed by atoms with Gasteiger partial charge >= 0.3 is 0 Å². The van der Waals surface area contributed by atoms with Gasteiger partial charge in [0.05, 0.1) is 12.6 Å². The third-order valence-corrected chi connectivity index (χ3v) is 4.22. The predicted octanol–water partition coefficient (Wildman–Crippen LogP) is 2.18. The standard InChI is InChI=1S/C15H20N2O/c1-9-5-11(18-4)8-13-12-6-10(16-2)7-14(12)17(3)15(9)13/h5,8,10,16H,6-7H2,1-4H3. The second-order valence-electron chi connectivity index (χ2n) is 5.22. The monoisotopic (exact) mass is 244 g/mol. The SMILES string of the molecule is CNC1Cc2c(n(C)c3c(C)cc(OC)cc23)C1. The molecule has 3 heteroatoms. The van der Waals surface area contributed by atoms with E-state index in [1.165, 1.54) is 27.7 Å². The van der Waals surface area contributed by atoms with E-state index in [0.29, 0.717) is 6.04 Å². The van der Waals surface area contributed by atoms with Crippen LogP contribution in [0.25, 0.3) is 10.9 Å². The number of aromatic nitrogens is 1. The van der Waals surface area contributed by atoms with Gasteiger partial charge in [-0.05, 0) is 43.7 Å². The summed E-state index contributed by atoms with van der Waals surface area (Å²) in [5.74, 6) is 0.960. The third kappa shape index (κ3) is 1.47. The fraction of sp³-hybridized carbons (Fsp3) is 0.467. The van der Waals surface area contributed by atoms with Gasteiger partial charge in [0, 0.05) is 30.6 Å². The van der Waals surface area contributed by atoms with E-state index in [1.807, 2.05) is 7.05 Å². The Balaban J connectivity index is 2.26. The average molecular weight is 244 g/mol. The summed E-state index contributed by atoms with van der Waals surface area (Å²) in [6, 6.07) is 4.88. The number of nitrogens with zero attached hydrogens (tertiary/aromatic N) is 1. The largest absolute Gasteiger partial charge is 0.497 e. The topological polar surface area (TPSA) is 26.2 Å². The van der Waals surface area contributed by atoms with Crippen molar-refractivity contribution in [3.05, 3.63) is 29.0 Å². The molecular weight excluding hydrogens is 224 g/mol. The van der Waals surface area contributed by atoms with Crippen LogP contribution in [-0.4, -0.2) is 24.8 Å². The van der Waals surface area contributed by atoms with Crippen LogP contribution in [0.4, 0.5) is 0 Å². The minimum atomic E-state index is 0.581. The highest BCUT2D eigenvalue weighted by Gasteiger charge is 2.27. The van der Waals surface area contributed by atoms with Gasteiger partial charge in [-0.1, -0.05) is 0 Å². The molecule has 2 aromatic rings. The minimum absolute atomic E-state index is 0.581. The normalized spacial score (nSPS) is 18.3. The zero-order valence-corrected chi connectivity index (χ0v) is 11.5. The lowest BCUT2D eigenvalue weighted by Crippen LogP contribution is -2.25. The van der Waals surface area contributed by atoms with Gasteiger partial charge < -0.3 is 14.6 Å². The van der Waals surface area contributed by atoms with E-state index in [9.17, 15) is 0 Å². The second kappa shape index (κ2) is 4.02. The van der Waals surface area contributed by atoms with Gasteiger partial charge in [-0.2, -0.15) is 0 Å². The number of rotatable bonds is 2. The molecule has 0 saturated heterocycles. The van der Waals surface area contributed by atoms with Crippen LogP contribution in [0.15, 0.2) is 12.1 Å². The van der Waals surface area contributed by atoms with Crippen molar-refractivity contribution >= 4 is 10.9 Å². The number of hydrogen-bond donors (Lipinski definition) is 1. The summed E-state index contributed by atoms with van der Waals surface area (Å²) in [4.78, 5) is 0. The third-order valence-electron chi connectivity index (χ3n) is 4.22. The van der Waals surface area contributed by atoms with Crippen molar-refractivity contribution in [1.29, 1.82) is 0 Å². The smallest absolute Gasteiger partial charge is 0.119 e. The summed E-state index contributed by atoms with van der Waals surface area (Å²) in [6.07, 6.45) is 2.24. The quantitative estimate of drug-likeness (QED) is 0.876. The van der Waals surface area contributed by atoms with E-state index in [4.69, 9.17) is 4.74 Å². The summed E-state index contributed by atoms with van der Waals surface area (Å²) >= 11 is 0. The summed E-state index contributed by atoms with van der Waals surface area (Å²) in [5, 5.41) is 4.75. The first-order chi connectivity index (χ1) is 8.65. The molecule has 1 aromatic carbocycles. The Bertz CT molecular complexity index is 613. The van der Waals surface area contributed by atoms with Crippen LogP contribution in [0.2, 0.25) is 0 Å².